The summed E-state index contributed by atoms with van der Waals surface area (Å²) in [5.41, 5.74) is 8.15. The minimum atomic E-state index is -0.208. The SMILES string of the molecule is CCNC(=O)c1ccc(-n2nc(N)c3ccccc32)c(C#N)c1. The maximum atomic E-state index is 11.9. The summed E-state index contributed by atoms with van der Waals surface area (Å²) in [7, 11) is 0. The van der Waals surface area contributed by atoms with E-state index in [1.165, 1.54) is 0 Å². The molecule has 0 bridgehead atoms. The van der Waals surface area contributed by atoms with Gasteiger partial charge >= 0.3 is 0 Å². The van der Waals surface area contributed by atoms with Crippen LogP contribution in [-0.2, 0) is 0 Å². The van der Waals surface area contributed by atoms with Crippen molar-refractivity contribution >= 4 is 22.6 Å². The van der Waals surface area contributed by atoms with Crippen LogP contribution < -0.4 is 11.1 Å². The summed E-state index contributed by atoms with van der Waals surface area (Å²) in [5.74, 6) is 0.192. The van der Waals surface area contributed by atoms with Gasteiger partial charge in [0.25, 0.3) is 5.91 Å². The monoisotopic (exact) mass is 305 g/mol. The van der Waals surface area contributed by atoms with Crippen LogP contribution in [0.4, 0.5) is 5.82 Å². The number of anilines is 1. The molecule has 0 saturated heterocycles. The number of hydrogen-bond acceptors (Lipinski definition) is 4. The lowest BCUT2D eigenvalue weighted by Gasteiger charge is -2.08. The standard InChI is InChI=1S/C17H15N5O/c1-2-20-17(23)11-7-8-14(12(9-11)10-18)22-15-6-4-3-5-13(15)16(19)21-22/h3-9H,2H2,1H3,(H2,19,21)(H,20,23). The highest BCUT2D eigenvalue weighted by Crippen LogP contribution is 2.25. The van der Waals surface area contributed by atoms with Crippen molar-refractivity contribution in [3.05, 3.63) is 53.6 Å². The molecule has 3 rings (SSSR count). The van der Waals surface area contributed by atoms with Gasteiger partial charge in [-0.2, -0.15) is 5.26 Å². The lowest BCUT2D eigenvalue weighted by molar-refractivity contribution is 0.0956. The number of rotatable bonds is 3. The third-order valence-corrected chi connectivity index (χ3v) is 3.56. The molecule has 0 aliphatic carbocycles. The number of fused-ring (bicyclic) bond motifs is 1. The van der Waals surface area contributed by atoms with Gasteiger partial charge in [0.2, 0.25) is 0 Å². The molecule has 0 atom stereocenters. The Hall–Kier alpha value is -3.33. The van der Waals surface area contributed by atoms with Crippen molar-refractivity contribution in [2.75, 3.05) is 12.3 Å². The van der Waals surface area contributed by atoms with E-state index in [1.807, 2.05) is 31.2 Å². The van der Waals surface area contributed by atoms with Gasteiger partial charge in [-0.25, -0.2) is 4.68 Å². The maximum absolute atomic E-state index is 11.9. The highest BCUT2D eigenvalue weighted by molar-refractivity contribution is 5.95. The normalized spacial score (nSPS) is 10.4. The zero-order valence-electron chi connectivity index (χ0n) is 12.6. The van der Waals surface area contributed by atoms with Crippen LogP contribution in [0.5, 0.6) is 0 Å². The zero-order valence-corrected chi connectivity index (χ0v) is 12.6. The summed E-state index contributed by atoms with van der Waals surface area (Å²) in [4.78, 5) is 11.9. The van der Waals surface area contributed by atoms with Crippen molar-refractivity contribution in [2.24, 2.45) is 0 Å². The molecule has 3 aromatic rings. The molecule has 1 amide bonds. The Balaban J connectivity index is 2.16. The van der Waals surface area contributed by atoms with Crippen LogP contribution in [-0.4, -0.2) is 22.2 Å². The molecule has 0 radical (unpaired) electrons. The van der Waals surface area contributed by atoms with E-state index in [0.29, 0.717) is 29.2 Å². The topological polar surface area (TPSA) is 96.7 Å². The molecule has 0 unspecified atom stereocenters. The van der Waals surface area contributed by atoms with E-state index in [1.54, 1.807) is 22.9 Å². The minimum Gasteiger partial charge on any atom is -0.382 e. The second kappa shape index (κ2) is 5.81. The Labute approximate surface area is 133 Å². The highest BCUT2D eigenvalue weighted by atomic mass is 16.1. The average molecular weight is 305 g/mol. The Morgan fingerprint density at radius 1 is 1.35 bits per heavy atom. The molecule has 0 aliphatic rings. The van der Waals surface area contributed by atoms with E-state index in [9.17, 15) is 10.1 Å². The number of carbonyl (C=O) groups is 1. The lowest BCUT2D eigenvalue weighted by atomic mass is 10.1. The van der Waals surface area contributed by atoms with Crippen LogP contribution in [0.3, 0.4) is 0 Å². The van der Waals surface area contributed by atoms with Crippen LogP contribution in [0.2, 0.25) is 0 Å². The fourth-order valence-electron chi connectivity index (χ4n) is 2.49. The second-order valence-electron chi connectivity index (χ2n) is 5.02. The van der Waals surface area contributed by atoms with E-state index in [4.69, 9.17) is 5.73 Å². The molecule has 23 heavy (non-hydrogen) atoms. The molecule has 6 nitrogen and oxygen atoms in total. The van der Waals surface area contributed by atoms with Gasteiger partial charge in [-0.3, -0.25) is 4.79 Å². The largest absolute Gasteiger partial charge is 0.382 e. The first-order valence-corrected chi connectivity index (χ1v) is 7.21. The Kier molecular flexibility index (Phi) is 3.69. The third-order valence-electron chi connectivity index (χ3n) is 3.56. The number of nitrogen functional groups attached to an aromatic ring is 1. The maximum Gasteiger partial charge on any atom is 0.251 e. The quantitative estimate of drug-likeness (QED) is 0.775. The number of hydrogen-bond donors (Lipinski definition) is 2. The Morgan fingerprint density at radius 2 is 2.13 bits per heavy atom. The molecule has 2 aromatic carbocycles. The number of carbonyl (C=O) groups excluding carboxylic acids is 1. The van der Waals surface area contributed by atoms with E-state index in [0.717, 1.165) is 10.9 Å². The van der Waals surface area contributed by atoms with Gasteiger partial charge in [0.1, 0.15) is 6.07 Å². The number of nitrogens with two attached hydrogens (primary N) is 1. The van der Waals surface area contributed by atoms with Crippen LogP contribution in [0.25, 0.3) is 16.6 Å². The number of amides is 1. The van der Waals surface area contributed by atoms with Crippen molar-refractivity contribution in [2.45, 2.75) is 6.92 Å². The fourth-order valence-corrected chi connectivity index (χ4v) is 2.49. The van der Waals surface area contributed by atoms with E-state index >= 15 is 0 Å². The van der Waals surface area contributed by atoms with E-state index in [-0.39, 0.29) is 5.91 Å². The number of aromatic nitrogens is 2. The van der Waals surface area contributed by atoms with Gasteiger partial charge in [-0.05, 0) is 37.3 Å². The Bertz CT molecular complexity index is 936. The molecule has 3 N–H and O–H groups in total. The molecule has 1 heterocycles. The van der Waals surface area contributed by atoms with Gasteiger partial charge < -0.3 is 11.1 Å². The molecule has 0 spiro atoms. The van der Waals surface area contributed by atoms with Crippen molar-refractivity contribution < 1.29 is 4.79 Å². The first-order valence-electron chi connectivity index (χ1n) is 7.21. The van der Waals surface area contributed by atoms with Gasteiger partial charge in [0.15, 0.2) is 5.82 Å². The molecule has 114 valence electrons. The second-order valence-corrected chi connectivity index (χ2v) is 5.02. The smallest absolute Gasteiger partial charge is 0.251 e. The first-order chi connectivity index (χ1) is 11.2. The molecule has 0 aliphatic heterocycles. The highest BCUT2D eigenvalue weighted by Gasteiger charge is 2.14. The number of nitriles is 1. The molecule has 1 aromatic heterocycles. The number of nitrogens with one attached hydrogen (secondary N) is 1. The summed E-state index contributed by atoms with van der Waals surface area (Å²) in [6.45, 7) is 2.37. The lowest BCUT2D eigenvalue weighted by Crippen LogP contribution is -2.22. The van der Waals surface area contributed by atoms with Crippen molar-refractivity contribution in [3.63, 3.8) is 0 Å². The van der Waals surface area contributed by atoms with Crippen LogP contribution >= 0.6 is 0 Å². The van der Waals surface area contributed by atoms with Gasteiger partial charge in [-0.1, -0.05) is 12.1 Å². The molecule has 6 heteroatoms. The Morgan fingerprint density at radius 3 is 2.87 bits per heavy atom. The molecular formula is C17H15N5O. The summed E-state index contributed by atoms with van der Waals surface area (Å²) in [5, 5.41) is 17.3. The number of nitrogens with zero attached hydrogens (tertiary/aromatic N) is 3. The summed E-state index contributed by atoms with van der Waals surface area (Å²) in [6.07, 6.45) is 0. The van der Waals surface area contributed by atoms with E-state index < -0.39 is 0 Å². The number of benzene rings is 2. The van der Waals surface area contributed by atoms with Crippen LogP contribution in [0, 0.1) is 11.3 Å². The summed E-state index contributed by atoms with van der Waals surface area (Å²) < 4.78 is 1.63. The third kappa shape index (κ3) is 2.49. The molecule has 0 saturated carbocycles. The first kappa shape index (κ1) is 14.6. The zero-order chi connectivity index (χ0) is 16.4. The average Bonchev–Trinajstić information content (AvgIpc) is 2.91. The minimum absolute atomic E-state index is 0.208. The van der Waals surface area contributed by atoms with Crippen molar-refractivity contribution in [1.82, 2.24) is 15.1 Å². The predicted octanol–water partition coefficient (Wildman–Crippen LogP) is 2.23. The number of para-hydroxylation sites is 1. The van der Waals surface area contributed by atoms with Crippen LogP contribution in [0.1, 0.15) is 22.8 Å². The van der Waals surface area contributed by atoms with Crippen molar-refractivity contribution in [1.29, 1.82) is 5.26 Å². The molecule has 0 fully saturated rings. The van der Waals surface area contributed by atoms with Gasteiger partial charge in [0, 0.05) is 17.5 Å². The van der Waals surface area contributed by atoms with E-state index in [2.05, 4.69) is 16.5 Å². The fraction of sp³-hybridized carbons (Fsp3) is 0.118. The van der Waals surface area contributed by atoms with Gasteiger partial charge in [-0.15, -0.1) is 5.10 Å². The summed E-state index contributed by atoms with van der Waals surface area (Å²) in [6, 6.07) is 14.6. The van der Waals surface area contributed by atoms with Crippen LogP contribution in [0.15, 0.2) is 42.5 Å². The van der Waals surface area contributed by atoms with Gasteiger partial charge in [0.05, 0.1) is 16.8 Å². The summed E-state index contributed by atoms with van der Waals surface area (Å²) >= 11 is 0. The van der Waals surface area contributed by atoms with Crippen molar-refractivity contribution in [3.8, 4) is 11.8 Å². The molecular weight excluding hydrogens is 290 g/mol. The predicted molar refractivity (Wildman–Crippen MR) is 88.2 cm³/mol.